The summed E-state index contributed by atoms with van der Waals surface area (Å²) in [4.78, 5) is 11.1. The molecule has 0 aromatic heterocycles. The van der Waals surface area contributed by atoms with Crippen molar-refractivity contribution in [3.63, 3.8) is 0 Å². The van der Waals surface area contributed by atoms with Crippen molar-refractivity contribution in [2.45, 2.75) is 33.6 Å². The molecule has 76 valence electrons. The van der Waals surface area contributed by atoms with Crippen molar-refractivity contribution in [1.82, 2.24) is 0 Å². The van der Waals surface area contributed by atoms with Gasteiger partial charge < -0.3 is 11.5 Å². The lowest BCUT2D eigenvalue weighted by Gasteiger charge is -2.20. The molecule has 13 heavy (non-hydrogen) atoms. The molecular weight excluding hydrogens is 164 g/mol. The largest absolute Gasteiger partial charge is 0.366 e. The summed E-state index contributed by atoms with van der Waals surface area (Å²) in [6, 6.07) is 0. The van der Waals surface area contributed by atoms with Gasteiger partial charge in [-0.2, -0.15) is 0 Å². The number of nitrogens with two attached hydrogens (primary N) is 2. The number of unbranched alkanes of at least 4 members (excludes halogenated alkanes) is 1. The molecule has 0 aromatic rings. The van der Waals surface area contributed by atoms with Gasteiger partial charge in [0, 0.05) is 5.57 Å². The molecule has 0 bridgehead atoms. The molecule has 0 rings (SSSR count). The summed E-state index contributed by atoms with van der Waals surface area (Å²) in [5.74, 6) is -0.329. The van der Waals surface area contributed by atoms with Crippen LogP contribution in [0.3, 0.4) is 0 Å². The van der Waals surface area contributed by atoms with Crippen molar-refractivity contribution in [3.8, 4) is 0 Å². The van der Waals surface area contributed by atoms with Crippen molar-refractivity contribution in [1.29, 1.82) is 0 Å². The van der Waals surface area contributed by atoms with Crippen LogP contribution in [0.15, 0.2) is 11.6 Å². The molecule has 0 unspecified atom stereocenters. The fourth-order valence-corrected chi connectivity index (χ4v) is 1.14. The van der Waals surface area contributed by atoms with Crippen LogP contribution in [-0.2, 0) is 4.79 Å². The van der Waals surface area contributed by atoms with Crippen LogP contribution >= 0.6 is 0 Å². The SMILES string of the molecule is CC(C)(C)C(=CCCCN)C(N)=O. The van der Waals surface area contributed by atoms with Crippen molar-refractivity contribution in [2.24, 2.45) is 16.9 Å². The Bertz CT molecular complexity index is 201. The second kappa shape index (κ2) is 5.02. The van der Waals surface area contributed by atoms with E-state index in [0.29, 0.717) is 12.1 Å². The molecule has 0 aliphatic carbocycles. The van der Waals surface area contributed by atoms with E-state index in [0.717, 1.165) is 12.8 Å². The molecule has 0 spiro atoms. The topological polar surface area (TPSA) is 69.1 Å². The average Bonchev–Trinajstić information content (AvgIpc) is 1.94. The van der Waals surface area contributed by atoms with Gasteiger partial charge in [0.25, 0.3) is 0 Å². The van der Waals surface area contributed by atoms with Gasteiger partial charge >= 0.3 is 0 Å². The van der Waals surface area contributed by atoms with Crippen LogP contribution in [-0.4, -0.2) is 12.5 Å². The van der Waals surface area contributed by atoms with Gasteiger partial charge in [-0.25, -0.2) is 0 Å². The number of hydrogen-bond donors (Lipinski definition) is 2. The highest BCUT2D eigenvalue weighted by atomic mass is 16.1. The number of carbonyl (C=O) groups is 1. The zero-order valence-electron chi connectivity index (χ0n) is 8.76. The molecule has 0 radical (unpaired) electrons. The molecular formula is C10H20N2O. The maximum atomic E-state index is 11.1. The zero-order valence-corrected chi connectivity index (χ0v) is 8.76. The standard InChI is InChI=1S/C10H20N2O/c1-10(2,3)8(9(12)13)6-4-5-7-11/h6H,4-5,7,11H2,1-3H3,(H2,12,13). The molecule has 0 aliphatic rings. The number of allylic oxidation sites excluding steroid dienone is 1. The highest BCUT2D eigenvalue weighted by molar-refractivity contribution is 5.93. The van der Waals surface area contributed by atoms with E-state index in [9.17, 15) is 4.79 Å². The normalized spacial score (nSPS) is 13.1. The minimum Gasteiger partial charge on any atom is -0.366 e. The first-order chi connectivity index (χ1) is 5.89. The fourth-order valence-electron chi connectivity index (χ4n) is 1.14. The van der Waals surface area contributed by atoms with Crippen LogP contribution in [0.25, 0.3) is 0 Å². The maximum absolute atomic E-state index is 11.1. The lowest BCUT2D eigenvalue weighted by Crippen LogP contribution is -2.24. The van der Waals surface area contributed by atoms with E-state index in [1.54, 1.807) is 0 Å². The molecule has 0 aliphatic heterocycles. The van der Waals surface area contributed by atoms with Crippen LogP contribution in [0.5, 0.6) is 0 Å². The Morgan fingerprint density at radius 1 is 1.38 bits per heavy atom. The van der Waals surface area contributed by atoms with Crippen molar-refractivity contribution in [2.75, 3.05) is 6.54 Å². The van der Waals surface area contributed by atoms with Crippen LogP contribution < -0.4 is 11.5 Å². The fraction of sp³-hybridized carbons (Fsp3) is 0.700. The Balaban J connectivity index is 4.43. The Morgan fingerprint density at radius 3 is 2.23 bits per heavy atom. The Kier molecular flexibility index (Phi) is 4.70. The monoisotopic (exact) mass is 184 g/mol. The summed E-state index contributed by atoms with van der Waals surface area (Å²) in [5.41, 5.74) is 11.2. The van der Waals surface area contributed by atoms with Crippen LogP contribution in [0, 0.1) is 5.41 Å². The summed E-state index contributed by atoms with van der Waals surface area (Å²) < 4.78 is 0. The Labute approximate surface area is 80.2 Å². The van der Waals surface area contributed by atoms with E-state index in [1.807, 2.05) is 26.8 Å². The van der Waals surface area contributed by atoms with E-state index in [1.165, 1.54) is 0 Å². The molecule has 0 atom stereocenters. The quantitative estimate of drug-likeness (QED) is 0.509. The van der Waals surface area contributed by atoms with Gasteiger partial charge in [0.2, 0.25) is 5.91 Å². The molecule has 3 heteroatoms. The zero-order chi connectivity index (χ0) is 10.5. The smallest absolute Gasteiger partial charge is 0.244 e. The van der Waals surface area contributed by atoms with Gasteiger partial charge in [-0.05, 0) is 24.8 Å². The van der Waals surface area contributed by atoms with Gasteiger partial charge in [-0.1, -0.05) is 26.8 Å². The van der Waals surface area contributed by atoms with E-state index in [2.05, 4.69) is 0 Å². The molecule has 0 fully saturated rings. The summed E-state index contributed by atoms with van der Waals surface area (Å²) in [5, 5.41) is 0. The van der Waals surface area contributed by atoms with E-state index in [4.69, 9.17) is 11.5 Å². The summed E-state index contributed by atoms with van der Waals surface area (Å²) in [6.07, 6.45) is 3.62. The first-order valence-corrected chi connectivity index (χ1v) is 4.60. The predicted molar refractivity (Wildman–Crippen MR) is 55.0 cm³/mol. The van der Waals surface area contributed by atoms with E-state index >= 15 is 0 Å². The molecule has 1 amide bonds. The summed E-state index contributed by atoms with van der Waals surface area (Å²) in [7, 11) is 0. The van der Waals surface area contributed by atoms with E-state index in [-0.39, 0.29) is 11.3 Å². The predicted octanol–water partition coefficient (Wildman–Crippen LogP) is 1.18. The van der Waals surface area contributed by atoms with Gasteiger partial charge in [-0.15, -0.1) is 0 Å². The van der Waals surface area contributed by atoms with Crippen molar-refractivity contribution in [3.05, 3.63) is 11.6 Å². The highest BCUT2D eigenvalue weighted by Crippen LogP contribution is 2.25. The Hall–Kier alpha value is -0.830. The minimum atomic E-state index is -0.329. The third kappa shape index (κ3) is 4.68. The van der Waals surface area contributed by atoms with Gasteiger partial charge in [0.1, 0.15) is 0 Å². The molecule has 0 saturated heterocycles. The third-order valence-electron chi connectivity index (χ3n) is 1.83. The lowest BCUT2D eigenvalue weighted by atomic mass is 9.85. The second-order valence-corrected chi connectivity index (χ2v) is 4.16. The average molecular weight is 184 g/mol. The van der Waals surface area contributed by atoms with Gasteiger partial charge in [0.15, 0.2) is 0 Å². The summed E-state index contributed by atoms with van der Waals surface area (Å²) in [6.45, 7) is 6.58. The van der Waals surface area contributed by atoms with Crippen molar-refractivity contribution < 1.29 is 4.79 Å². The highest BCUT2D eigenvalue weighted by Gasteiger charge is 2.20. The van der Waals surface area contributed by atoms with Gasteiger partial charge in [0.05, 0.1) is 0 Å². The van der Waals surface area contributed by atoms with Gasteiger partial charge in [-0.3, -0.25) is 4.79 Å². The molecule has 0 saturated carbocycles. The first-order valence-electron chi connectivity index (χ1n) is 4.60. The molecule has 3 nitrogen and oxygen atoms in total. The first kappa shape index (κ1) is 12.2. The van der Waals surface area contributed by atoms with E-state index < -0.39 is 0 Å². The second-order valence-electron chi connectivity index (χ2n) is 4.16. The number of rotatable bonds is 4. The molecule has 4 N–H and O–H groups in total. The Morgan fingerprint density at radius 2 is 1.92 bits per heavy atom. The third-order valence-corrected chi connectivity index (χ3v) is 1.83. The number of hydrogen-bond acceptors (Lipinski definition) is 2. The lowest BCUT2D eigenvalue weighted by molar-refractivity contribution is -0.115. The summed E-state index contributed by atoms with van der Waals surface area (Å²) >= 11 is 0. The van der Waals surface area contributed by atoms with Crippen LogP contribution in [0.4, 0.5) is 0 Å². The van der Waals surface area contributed by atoms with Crippen LogP contribution in [0.1, 0.15) is 33.6 Å². The maximum Gasteiger partial charge on any atom is 0.244 e. The number of carbonyl (C=O) groups excluding carboxylic acids is 1. The number of amides is 1. The van der Waals surface area contributed by atoms with Crippen molar-refractivity contribution >= 4 is 5.91 Å². The molecule has 0 heterocycles. The number of primary amides is 1. The molecule has 0 aromatic carbocycles. The minimum absolute atomic E-state index is 0.166. The van der Waals surface area contributed by atoms with Crippen LogP contribution in [0.2, 0.25) is 0 Å².